The third-order valence-corrected chi connectivity index (χ3v) is 18.6. The number of nitrogens with one attached hydrogen (secondary N) is 4. The first-order valence-electron chi connectivity index (χ1n) is 29.6. The SMILES string of the molecule is C[C@@H](C(=O)N[C@]1(C)CS[C@H]2CC(C)(C)[C@@H](C(=O)N[C@H](COCCCCCCCCOC[C@@H](NC(=O)[C@H]3N4C(=O)[C@@H](NC(=O)CN(C)C(=O)OC(C)(C)C)CS[C@H]4CC3(C)C)c3ccccc3)c3ccccc3)N2C1=O)N(C)C(=O)OC(C)(C)C. The molecule has 4 aliphatic heterocycles. The molecule has 4 fully saturated rings. The summed E-state index contributed by atoms with van der Waals surface area (Å²) < 4.78 is 23.3. The zero-order valence-corrected chi connectivity index (χ0v) is 53.6. The molecular formula is C62H94N8O12S2. The van der Waals surface area contributed by atoms with E-state index in [1.54, 1.807) is 65.2 Å². The summed E-state index contributed by atoms with van der Waals surface area (Å²) in [5.74, 6) is -1.61. The summed E-state index contributed by atoms with van der Waals surface area (Å²) >= 11 is 3.07. The second-order valence-electron chi connectivity index (χ2n) is 26.5. The minimum absolute atomic E-state index is 0.233. The summed E-state index contributed by atoms with van der Waals surface area (Å²) in [6.07, 6.45) is 5.48. The molecule has 0 unspecified atom stereocenters. The lowest BCUT2D eigenvalue weighted by atomic mass is 9.83. The number of nitrogens with zero attached hydrogens (tertiary/aromatic N) is 4. The van der Waals surface area contributed by atoms with Crippen LogP contribution in [0.1, 0.15) is 158 Å². The Morgan fingerprint density at radius 2 is 1.11 bits per heavy atom. The van der Waals surface area contributed by atoms with E-state index in [4.69, 9.17) is 18.9 Å². The molecule has 0 aromatic heterocycles. The zero-order valence-electron chi connectivity index (χ0n) is 52.0. The fraction of sp³-hybridized carbons (Fsp3) is 0.677. The van der Waals surface area contributed by atoms with Gasteiger partial charge in [0.05, 0.1) is 36.0 Å². The van der Waals surface area contributed by atoms with Crippen LogP contribution in [0.25, 0.3) is 0 Å². The van der Waals surface area contributed by atoms with Gasteiger partial charge in [-0.1, -0.05) is 114 Å². The normalized spacial score (nSPS) is 23.7. The largest absolute Gasteiger partial charge is 0.444 e. The second-order valence-corrected chi connectivity index (χ2v) is 28.8. The molecule has 9 atom stereocenters. The monoisotopic (exact) mass is 1210 g/mol. The first-order valence-corrected chi connectivity index (χ1v) is 31.7. The molecule has 2 aromatic rings. The molecule has 4 N–H and O–H groups in total. The lowest BCUT2D eigenvalue weighted by Crippen LogP contribution is -2.67. The van der Waals surface area contributed by atoms with E-state index in [0.29, 0.717) is 37.6 Å². The molecule has 4 heterocycles. The summed E-state index contributed by atoms with van der Waals surface area (Å²) in [5, 5.41) is 11.7. The highest BCUT2D eigenvalue weighted by atomic mass is 32.2. The van der Waals surface area contributed by atoms with E-state index in [1.807, 2.05) is 88.4 Å². The molecule has 0 spiro atoms. The van der Waals surface area contributed by atoms with Gasteiger partial charge in [-0.25, -0.2) is 9.59 Å². The average Bonchev–Trinajstić information content (AvgIpc) is 2.12. The minimum atomic E-state index is -1.33. The number of carbonyl (C=O) groups excluding carboxylic acids is 8. The van der Waals surface area contributed by atoms with Crippen molar-refractivity contribution in [3.05, 3.63) is 71.8 Å². The van der Waals surface area contributed by atoms with Crippen LogP contribution in [0.15, 0.2) is 60.7 Å². The van der Waals surface area contributed by atoms with Gasteiger partial charge in [0.25, 0.3) is 5.91 Å². The molecule has 6 rings (SSSR count). The van der Waals surface area contributed by atoms with Crippen molar-refractivity contribution in [2.45, 2.75) is 198 Å². The topological polar surface area (TPSA) is 235 Å². The van der Waals surface area contributed by atoms with Crippen LogP contribution in [-0.2, 0) is 47.7 Å². The van der Waals surface area contributed by atoms with Crippen molar-refractivity contribution in [2.24, 2.45) is 10.8 Å². The molecule has 8 amide bonds. The number of thioether (sulfide) groups is 2. The van der Waals surface area contributed by atoms with E-state index in [0.717, 1.165) is 54.6 Å². The smallest absolute Gasteiger partial charge is 0.410 e. The van der Waals surface area contributed by atoms with Crippen molar-refractivity contribution in [3.63, 3.8) is 0 Å². The number of fused-ring (bicyclic) bond motifs is 2. The van der Waals surface area contributed by atoms with Crippen LogP contribution < -0.4 is 21.3 Å². The summed E-state index contributed by atoms with van der Waals surface area (Å²) in [6.45, 7) is 22.9. The molecule has 0 radical (unpaired) electrons. The maximum absolute atomic E-state index is 14.5. The van der Waals surface area contributed by atoms with Crippen LogP contribution in [0.2, 0.25) is 0 Å². The van der Waals surface area contributed by atoms with Gasteiger partial charge in [-0.05, 0) is 103 Å². The molecule has 4 aliphatic rings. The lowest BCUT2D eigenvalue weighted by molar-refractivity contribution is -0.148. The van der Waals surface area contributed by atoms with Gasteiger partial charge in [-0.3, -0.25) is 33.7 Å². The number of rotatable bonds is 25. The molecule has 22 heteroatoms. The number of hydrogen-bond donors (Lipinski definition) is 4. The molecule has 4 saturated heterocycles. The van der Waals surface area contributed by atoms with E-state index in [-0.39, 0.29) is 54.1 Å². The molecular weight excluding hydrogens is 1110 g/mol. The number of amides is 8. The van der Waals surface area contributed by atoms with Gasteiger partial charge < -0.3 is 54.9 Å². The van der Waals surface area contributed by atoms with Gasteiger partial charge in [-0.15, -0.1) is 23.5 Å². The van der Waals surface area contributed by atoms with Gasteiger partial charge in [-0.2, -0.15) is 0 Å². The average molecular weight is 1210 g/mol. The number of hydrogen-bond acceptors (Lipinski definition) is 14. The van der Waals surface area contributed by atoms with Crippen molar-refractivity contribution in [2.75, 3.05) is 58.6 Å². The van der Waals surface area contributed by atoms with Crippen molar-refractivity contribution in [3.8, 4) is 0 Å². The van der Waals surface area contributed by atoms with Crippen LogP contribution in [0.3, 0.4) is 0 Å². The van der Waals surface area contributed by atoms with E-state index < -0.39 is 87.8 Å². The van der Waals surface area contributed by atoms with Crippen LogP contribution in [-0.4, -0.2) is 177 Å². The van der Waals surface area contributed by atoms with E-state index >= 15 is 0 Å². The summed E-state index contributed by atoms with van der Waals surface area (Å²) in [7, 11) is 2.95. The van der Waals surface area contributed by atoms with Crippen molar-refractivity contribution < 1.29 is 57.3 Å². The summed E-state index contributed by atoms with van der Waals surface area (Å²) in [4.78, 5) is 115. The predicted octanol–water partition coefficient (Wildman–Crippen LogP) is 7.96. The quantitative estimate of drug-likeness (QED) is 0.0691. The first kappa shape index (κ1) is 67.5. The molecule has 466 valence electrons. The van der Waals surface area contributed by atoms with E-state index in [9.17, 15) is 38.4 Å². The van der Waals surface area contributed by atoms with Gasteiger partial charge in [0.2, 0.25) is 29.5 Å². The van der Waals surface area contributed by atoms with E-state index in [1.165, 1.54) is 42.5 Å². The Labute approximate surface area is 506 Å². The van der Waals surface area contributed by atoms with Crippen LogP contribution in [0.4, 0.5) is 9.59 Å². The number of likely N-dealkylation sites (N-methyl/N-ethyl adjacent to an activating group) is 2. The lowest BCUT2D eigenvalue weighted by Gasteiger charge is -2.44. The van der Waals surface area contributed by atoms with Crippen molar-refractivity contribution >= 4 is 71.2 Å². The Hall–Kier alpha value is -5.58. The molecule has 2 aromatic carbocycles. The Balaban J connectivity index is 0.938. The Kier molecular flexibility index (Phi) is 23.1. The maximum Gasteiger partial charge on any atom is 0.410 e. The second kappa shape index (κ2) is 28.7. The van der Waals surface area contributed by atoms with Crippen molar-refractivity contribution in [1.82, 2.24) is 40.9 Å². The molecule has 0 bridgehead atoms. The van der Waals surface area contributed by atoms with E-state index in [2.05, 4.69) is 21.3 Å². The van der Waals surface area contributed by atoms with Crippen molar-refractivity contribution in [1.29, 1.82) is 0 Å². The van der Waals surface area contributed by atoms with Gasteiger partial charge in [0, 0.05) is 38.8 Å². The number of ether oxygens (including phenoxy) is 4. The first-order chi connectivity index (χ1) is 39.3. The van der Waals surface area contributed by atoms with Gasteiger partial charge in [0.15, 0.2) is 0 Å². The predicted molar refractivity (Wildman–Crippen MR) is 325 cm³/mol. The highest BCUT2D eigenvalue weighted by molar-refractivity contribution is 8.00. The van der Waals surface area contributed by atoms with Crippen LogP contribution in [0.5, 0.6) is 0 Å². The van der Waals surface area contributed by atoms with Crippen LogP contribution >= 0.6 is 23.5 Å². The highest BCUT2D eigenvalue weighted by Crippen LogP contribution is 2.49. The fourth-order valence-electron chi connectivity index (χ4n) is 11.2. The van der Waals surface area contributed by atoms with Gasteiger partial charge >= 0.3 is 12.2 Å². The Morgan fingerprint density at radius 3 is 1.60 bits per heavy atom. The molecule has 20 nitrogen and oxygen atoms in total. The summed E-state index contributed by atoms with van der Waals surface area (Å²) in [6, 6.07) is 14.9. The molecule has 84 heavy (non-hydrogen) atoms. The standard InChI is InChI=1S/C62H94N8O12S2/c1-40(68(14)57(78)82-59(5,6)7)51(72)66-62(12)39-84-48-34-61(10,11)50(70(48)55(62)76)53(74)65-44(42-29-23-20-24-30-42)37-80-32-26-18-16-15-17-25-31-79-36-43(41-27-21-19-22-28-41)64-52(73)49-60(8,9)33-47-69(49)54(75)45(38-83-47)63-46(71)35-67(13)56(77)81-58(2,3)4/h19-24,27-30,40,43-45,47-50H,15-18,25-26,31-39H2,1-14H3,(H,63,71)(H,64,73)(H,65,74)(H,66,72)/t40-,43+,44+,45-,47-,48-,49+,50+,62+/m0/s1. The molecule has 0 aliphatic carbocycles. The van der Waals surface area contributed by atoms with Gasteiger partial charge in [0.1, 0.15) is 47.5 Å². The van der Waals surface area contributed by atoms with Crippen LogP contribution in [0, 0.1) is 10.8 Å². The number of unbranched alkanes of at least 4 members (excludes halogenated alkanes) is 5. The zero-order chi connectivity index (χ0) is 62.0. The number of carbonyl (C=O) groups is 8. The molecule has 0 saturated carbocycles. The Bertz CT molecular complexity index is 2620. The maximum atomic E-state index is 14.5. The third-order valence-electron chi connectivity index (χ3n) is 15.7. The third kappa shape index (κ3) is 18.0. The minimum Gasteiger partial charge on any atom is -0.444 e. The number of benzene rings is 2. The Morgan fingerprint density at radius 1 is 0.655 bits per heavy atom. The highest BCUT2D eigenvalue weighted by Gasteiger charge is 2.59. The summed E-state index contributed by atoms with van der Waals surface area (Å²) in [5.41, 5.74) is -2.19. The fourth-order valence-corrected chi connectivity index (χ4v) is 14.4.